The number of benzene rings is 1. The van der Waals surface area contributed by atoms with Crippen molar-refractivity contribution >= 4 is 33.2 Å². The van der Waals surface area contributed by atoms with Crippen LogP contribution in [-0.2, 0) is 23.0 Å². The molecule has 0 aliphatic carbocycles. The molecule has 2 aliphatic heterocycles. The standard InChI is InChI=1S/C17H20FN5O3S/c18-14-6-5-12(10-15(14)23-8-3-9-27(23,25)26)19-17(24)20-16-11-13-4-1-2-7-22(13)21-16/h5-6,10-11H,1-4,7-9H2,(H2,19,20,21,24). The van der Waals surface area contributed by atoms with Gasteiger partial charge in [-0.1, -0.05) is 0 Å². The third-order valence-corrected chi connectivity index (χ3v) is 6.59. The molecule has 4 rings (SSSR count). The topological polar surface area (TPSA) is 96.3 Å². The van der Waals surface area contributed by atoms with E-state index in [9.17, 15) is 17.6 Å². The van der Waals surface area contributed by atoms with Gasteiger partial charge in [-0.3, -0.25) is 14.3 Å². The molecule has 0 atom stereocenters. The van der Waals surface area contributed by atoms with Crippen molar-refractivity contribution in [2.45, 2.75) is 32.2 Å². The molecule has 2 aromatic rings. The number of fused-ring (bicyclic) bond motifs is 1. The first-order valence-electron chi connectivity index (χ1n) is 8.87. The Hall–Kier alpha value is -2.62. The number of sulfonamides is 1. The lowest BCUT2D eigenvalue weighted by molar-refractivity contribution is 0.262. The smallest absolute Gasteiger partial charge is 0.308 e. The first-order valence-corrected chi connectivity index (χ1v) is 10.5. The molecule has 2 aliphatic rings. The highest BCUT2D eigenvalue weighted by molar-refractivity contribution is 7.93. The van der Waals surface area contributed by atoms with Crippen LogP contribution in [0.4, 0.5) is 26.4 Å². The Kier molecular flexibility index (Phi) is 4.50. The predicted molar refractivity (Wildman–Crippen MR) is 100.0 cm³/mol. The summed E-state index contributed by atoms with van der Waals surface area (Å²) in [5.74, 6) is -0.197. The quantitative estimate of drug-likeness (QED) is 0.838. The zero-order valence-electron chi connectivity index (χ0n) is 14.6. The Labute approximate surface area is 156 Å². The summed E-state index contributed by atoms with van der Waals surface area (Å²) in [6.45, 7) is 1.07. The number of amides is 2. The van der Waals surface area contributed by atoms with Gasteiger partial charge in [0.2, 0.25) is 10.0 Å². The van der Waals surface area contributed by atoms with E-state index < -0.39 is 21.9 Å². The second kappa shape index (κ2) is 6.84. The zero-order valence-corrected chi connectivity index (χ0v) is 15.4. The van der Waals surface area contributed by atoms with Gasteiger partial charge < -0.3 is 5.32 Å². The molecule has 0 unspecified atom stereocenters. The fraction of sp³-hybridized carbons (Fsp3) is 0.412. The minimum atomic E-state index is -3.51. The number of hydrogen-bond acceptors (Lipinski definition) is 4. The number of hydrogen-bond donors (Lipinski definition) is 2. The molecular weight excluding hydrogens is 373 g/mol. The van der Waals surface area contributed by atoms with E-state index in [4.69, 9.17) is 0 Å². The molecule has 0 spiro atoms. The van der Waals surface area contributed by atoms with Gasteiger partial charge in [0, 0.05) is 30.5 Å². The van der Waals surface area contributed by atoms with Gasteiger partial charge >= 0.3 is 6.03 Å². The van der Waals surface area contributed by atoms with Crippen molar-refractivity contribution in [3.63, 3.8) is 0 Å². The predicted octanol–water partition coefficient (Wildman–Crippen LogP) is 2.54. The highest BCUT2D eigenvalue weighted by atomic mass is 32.2. The van der Waals surface area contributed by atoms with E-state index in [1.54, 1.807) is 0 Å². The third kappa shape index (κ3) is 3.61. The number of halogens is 1. The minimum Gasteiger partial charge on any atom is -0.308 e. The normalized spacial score (nSPS) is 18.2. The molecule has 1 aromatic heterocycles. The lowest BCUT2D eigenvalue weighted by Crippen LogP contribution is -2.26. The zero-order chi connectivity index (χ0) is 19.0. The Morgan fingerprint density at radius 2 is 1.96 bits per heavy atom. The van der Waals surface area contributed by atoms with Gasteiger partial charge in [0.15, 0.2) is 5.82 Å². The Balaban J connectivity index is 1.48. The third-order valence-electron chi connectivity index (χ3n) is 4.73. The van der Waals surface area contributed by atoms with Crippen LogP contribution in [0.25, 0.3) is 0 Å². The first-order chi connectivity index (χ1) is 12.9. The molecule has 0 saturated carbocycles. The van der Waals surface area contributed by atoms with Gasteiger partial charge in [-0.2, -0.15) is 5.10 Å². The lowest BCUT2D eigenvalue weighted by atomic mass is 10.1. The van der Waals surface area contributed by atoms with Gasteiger partial charge in [0.25, 0.3) is 0 Å². The Morgan fingerprint density at radius 1 is 1.11 bits per heavy atom. The van der Waals surface area contributed by atoms with Gasteiger partial charge in [0.1, 0.15) is 5.82 Å². The van der Waals surface area contributed by atoms with E-state index in [2.05, 4.69) is 15.7 Å². The number of nitrogens with zero attached hydrogens (tertiary/aromatic N) is 3. The Bertz CT molecular complexity index is 965. The van der Waals surface area contributed by atoms with Crippen LogP contribution in [-0.4, -0.2) is 36.5 Å². The highest BCUT2D eigenvalue weighted by Gasteiger charge is 2.30. The lowest BCUT2D eigenvalue weighted by Gasteiger charge is -2.18. The van der Waals surface area contributed by atoms with Crippen LogP contribution in [0.15, 0.2) is 24.3 Å². The molecule has 2 N–H and O–H groups in total. The molecule has 0 radical (unpaired) electrons. The summed E-state index contributed by atoms with van der Waals surface area (Å²) in [7, 11) is -3.51. The number of nitrogens with one attached hydrogen (secondary N) is 2. The van der Waals surface area contributed by atoms with Crippen LogP contribution in [0.2, 0.25) is 0 Å². The fourth-order valence-corrected chi connectivity index (χ4v) is 5.01. The van der Waals surface area contributed by atoms with Crippen molar-refractivity contribution in [3.05, 3.63) is 35.8 Å². The van der Waals surface area contributed by atoms with Crippen molar-refractivity contribution in [1.29, 1.82) is 0 Å². The summed E-state index contributed by atoms with van der Waals surface area (Å²) in [6.07, 6.45) is 3.56. The first kappa shape index (κ1) is 17.8. The summed E-state index contributed by atoms with van der Waals surface area (Å²) < 4.78 is 41.1. The SMILES string of the molecule is O=C(Nc1ccc(F)c(N2CCCS2(=O)=O)c1)Nc1cc2n(n1)CCCC2. The molecule has 1 aromatic carbocycles. The second-order valence-electron chi connectivity index (χ2n) is 6.69. The molecule has 3 heterocycles. The second-order valence-corrected chi connectivity index (χ2v) is 8.70. The number of carbonyl (C=O) groups is 1. The van der Waals surface area contributed by atoms with Crippen LogP contribution in [0.5, 0.6) is 0 Å². The van der Waals surface area contributed by atoms with Gasteiger partial charge in [0.05, 0.1) is 11.4 Å². The van der Waals surface area contributed by atoms with Crippen LogP contribution in [0.3, 0.4) is 0 Å². The maximum Gasteiger partial charge on any atom is 0.324 e. The summed E-state index contributed by atoms with van der Waals surface area (Å²) in [5, 5.41) is 9.60. The molecule has 27 heavy (non-hydrogen) atoms. The van der Waals surface area contributed by atoms with Gasteiger partial charge in [-0.25, -0.2) is 17.6 Å². The Morgan fingerprint density at radius 3 is 2.70 bits per heavy atom. The summed E-state index contributed by atoms with van der Waals surface area (Å²) in [4.78, 5) is 12.2. The number of urea groups is 1. The molecule has 2 amide bonds. The van der Waals surface area contributed by atoms with E-state index in [1.807, 2.05) is 10.7 Å². The molecular formula is C17H20FN5O3S. The maximum atomic E-state index is 14.1. The average Bonchev–Trinajstić information content (AvgIpc) is 3.18. The monoisotopic (exact) mass is 393 g/mol. The van der Waals surface area contributed by atoms with Crippen LogP contribution < -0.4 is 14.9 Å². The fourth-order valence-electron chi connectivity index (χ4n) is 3.45. The molecule has 10 heteroatoms. The largest absolute Gasteiger partial charge is 0.324 e. The molecule has 144 valence electrons. The van der Waals surface area contributed by atoms with E-state index >= 15 is 0 Å². The molecule has 0 bridgehead atoms. The van der Waals surface area contributed by atoms with Crippen LogP contribution in [0, 0.1) is 5.82 Å². The minimum absolute atomic E-state index is 0.00439. The molecule has 1 fully saturated rings. The summed E-state index contributed by atoms with van der Waals surface area (Å²) in [5.41, 5.74) is 1.33. The number of anilines is 3. The van der Waals surface area contributed by atoms with Gasteiger partial charge in [-0.15, -0.1) is 0 Å². The van der Waals surface area contributed by atoms with E-state index in [1.165, 1.54) is 12.1 Å². The van der Waals surface area contributed by atoms with Crippen LogP contribution >= 0.6 is 0 Å². The van der Waals surface area contributed by atoms with E-state index in [0.29, 0.717) is 17.9 Å². The maximum absolute atomic E-state index is 14.1. The summed E-state index contributed by atoms with van der Waals surface area (Å²) >= 11 is 0. The average molecular weight is 393 g/mol. The number of rotatable bonds is 3. The number of aromatic nitrogens is 2. The highest BCUT2D eigenvalue weighted by Crippen LogP contribution is 2.29. The van der Waals surface area contributed by atoms with Gasteiger partial charge in [-0.05, 0) is 43.9 Å². The number of carbonyl (C=O) groups excluding carboxylic acids is 1. The van der Waals surface area contributed by atoms with E-state index in [-0.39, 0.29) is 18.0 Å². The van der Waals surface area contributed by atoms with E-state index in [0.717, 1.165) is 41.9 Å². The van der Waals surface area contributed by atoms with Crippen molar-refractivity contribution < 1.29 is 17.6 Å². The van der Waals surface area contributed by atoms with Crippen molar-refractivity contribution in [2.75, 3.05) is 27.2 Å². The van der Waals surface area contributed by atoms with Crippen molar-refractivity contribution in [1.82, 2.24) is 9.78 Å². The molecule has 8 nitrogen and oxygen atoms in total. The number of aryl methyl sites for hydroxylation is 2. The van der Waals surface area contributed by atoms with Crippen LogP contribution in [0.1, 0.15) is 25.0 Å². The van der Waals surface area contributed by atoms with Crippen molar-refractivity contribution in [2.24, 2.45) is 0 Å². The summed E-state index contributed by atoms with van der Waals surface area (Å²) in [6, 6.07) is 5.18. The molecule has 1 saturated heterocycles. The van der Waals surface area contributed by atoms with Crippen molar-refractivity contribution in [3.8, 4) is 0 Å².